The lowest BCUT2D eigenvalue weighted by Crippen LogP contribution is -2.64. The van der Waals surface area contributed by atoms with Crippen molar-refractivity contribution in [1.29, 1.82) is 0 Å². The van der Waals surface area contributed by atoms with Gasteiger partial charge in [0.1, 0.15) is 0 Å². The Morgan fingerprint density at radius 2 is 1.68 bits per heavy atom. The SMILES string of the molecule is O=C(NC1C2CC3CC1CC(O)(C3)C2)N1[C@@H]2CC[C@H]1CC(N1CCc3ccccc31)C2. The average Bonchev–Trinajstić information content (AvgIpc) is 3.28. The Balaban J connectivity index is 1.05. The topological polar surface area (TPSA) is 55.8 Å². The van der Waals surface area contributed by atoms with E-state index in [2.05, 4.69) is 39.4 Å². The summed E-state index contributed by atoms with van der Waals surface area (Å²) in [6, 6.07) is 10.7. The van der Waals surface area contributed by atoms with Crippen LogP contribution in [0.4, 0.5) is 10.5 Å². The molecule has 0 radical (unpaired) electrons. The number of hydrogen-bond donors (Lipinski definition) is 2. The first-order valence-corrected chi connectivity index (χ1v) is 12.7. The molecule has 6 bridgehead atoms. The first kappa shape index (κ1) is 18.8. The maximum atomic E-state index is 13.5. The van der Waals surface area contributed by atoms with Gasteiger partial charge < -0.3 is 20.2 Å². The molecule has 2 saturated heterocycles. The van der Waals surface area contributed by atoms with Gasteiger partial charge >= 0.3 is 6.03 Å². The second-order valence-electron chi connectivity index (χ2n) is 11.7. The summed E-state index contributed by atoms with van der Waals surface area (Å²) >= 11 is 0. The highest BCUT2D eigenvalue weighted by Gasteiger charge is 2.56. The van der Waals surface area contributed by atoms with Crippen molar-refractivity contribution >= 4 is 11.7 Å². The Morgan fingerprint density at radius 3 is 2.39 bits per heavy atom. The van der Waals surface area contributed by atoms with Crippen LogP contribution in [-0.4, -0.2) is 52.4 Å². The van der Waals surface area contributed by atoms with Crippen molar-refractivity contribution in [3.05, 3.63) is 29.8 Å². The summed E-state index contributed by atoms with van der Waals surface area (Å²) in [5, 5.41) is 14.4. The number of nitrogens with one attached hydrogen (secondary N) is 1. The average molecular weight is 422 g/mol. The number of rotatable bonds is 2. The van der Waals surface area contributed by atoms with E-state index < -0.39 is 5.60 Å². The highest BCUT2D eigenvalue weighted by molar-refractivity contribution is 5.76. The molecule has 166 valence electrons. The van der Waals surface area contributed by atoms with Crippen LogP contribution in [0, 0.1) is 17.8 Å². The van der Waals surface area contributed by atoms with Crippen molar-refractivity contribution in [2.75, 3.05) is 11.4 Å². The van der Waals surface area contributed by atoms with Gasteiger partial charge in [0.15, 0.2) is 0 Å². The van der Waals surface area contributed by atoms with E-state index in [0.29, 0.717) is 35.9 Å². The lowest BCUT2D eigenvalue weighted by Gasteiger charge is -2.58. The Bertz CT molecular complexity index is 872. The minimum atomic E-state index is -0.429. The standard InChI is InChI=1S/C26H35N3O2/c30-25(27-24-18-9-16-10-19(24)15-26(31,13-16)14-18)29-20-5-6-21(29)12-22(11-20)28-8-7-17-3-1-2-4-23(17)28/h1-4,16,18-22,24,31H,5-15H2,(H,27,30)/t16?,18?,19?,20-,21+,22?,24?,26?. The number of carbonyl (C=O) groups excluding carboxylic acids is 1. The van der Waals surface area contributed by atoms with E-state index in [9.17, 15) is 9.90 Å². The van der Waals surface area contributed by atoms with E-state index in [-0.39, 0.29) is 12.1 Å². The van der Waals surface area contributed by atoms with E-state index in [1.165, 1.54) is 24.1 Å². The molecule has 6 fully saturated rings. The number of nitrogens with zero attached hydrogens (tertiary/aromatic N) is 2. The number of carbonyl (C=O) groups is 1. The highest BCUT2D eigenvalue weighted by atomic mass is 16.3. The van der Waals surface area contributed by atoms with Crippen LogP contribution in [0.3, 0.4) is 0 Å². The molecule has 3 aliphatic heterocycles. The van der Waals surface area contributed by atoms with Gasteiger partial charge in [-0.15, -0.1) is 0 Å². The van der Waals surface area contributed by atoms with Crippen LogP contribution in [0.1, 0.15) is 63.4 Å². The normalized spacial score (nSPS) is 44.6. The molecule has 5 atom stereocenters. The van der Waals surface area contributed by atoms with E-state index in [0.717, 1.165) is 57.9 Å². The van der Waals surface area contributed by atoms with Gasteiger partial charge in [0.25, 0.3) is 0 Å². The molecule has 4 saturated carbocycles. The van der Waals surface area contributed by atoms with E-state index in [1.54, 1.807) is 0 Å². The van der Waals surface area contributed by atoms with Gasteiger partial charge in [-0.2, -0.15) is 0 Å². The maximum absolute atomic E-state index is 13.5. The zero-order valence-electron chi connectivity index (χ0n) is 18.4. The number of para-hydroxylation sites is 1. The third-order valence-corrected chi connectivity index (χ3v) is 9.84. The van der Waals surface area contributed by atoms with E-state index in [1.807, 2.05) is 0 Å². The quantitative estimate of drug-likeness (QED) is 0.766. The largest absolute Gasteiger partial charge is 0.390 e. The molecule has 4 aliphatic carbocycles. The van der Waals surface area contributed by atoms with Gasteiger partial charge in [0.2, 0.25) is 0 Å². The second-order valence-corrected chi connectivity index (χ2v) is 11.7. The lowest BCUT2D eigenvalue weighted by atomic mass is 9.52. The number of aliphatic hydroxyl groups is 1. The van der Waals surface area contributed by atoms with Crippen molar-refractivity contribution < 1.29 is 9.90 Å². The fourth-order valence-corrected chi connectivity index (χ4v) is 8.91. The molecular formula is C26H35N3O2. The molecule has 31 heavy (non-hydrogen) atoms. The minimum Gasteiger partial charge on any atom is -0.390 e. The Hall–Kier alpha value is -1.75. The summed E-state index contributed by atoms with van der Waals surface area (Å²) in [4.78, 5) is 18.4. The molecule has 5 nitrogen and oxygen atoms in total. The first-order valence-electron chi connectivity index (χ1n) is 12.7. The lowest BCUT2D eigenvalue weighted by molar-refractivity contribution is -0.137. The summed E-state index contributed by atoms with van der Waals surface area (Å²) < 4.78 is 0. The van der Waals surface area contributed by atoms with Crippen molar-refractivity contribution in [2.45, 2.75) is 94.0 Å². The summed E-state index contributed by atoms with van der Waals surface area (Å²) in [5.41, 5.74) is 2.48. The zero-order chi connectivity index (χ0) is 20.7. The Labute approximate surface area is 185 Å². The molecule has 0 spiro atoms. The van der Waals surface area contributed by atoms with Gasteiger partial charge in [-0.3, -0.25) is 0 Å². The summed E-state index contributed by atoms with van der Waals surface area (Å²) in [6.07, 6.45) is 10.9. The molecule has 7 aliphatic rings. The maximum Gasteiger partial charge on any atom is 0.318 e. The number of hydrogen-bond acceptors (Lipinski definition) is 3. The molecule has 3 heterocycles. The number of piperidine rings is 1. The smallest absolute Gasteiger partial charge is 0.318 e. The van der Waals surface area contributed by atoms with Crippen molar-refractivity contribution in [2.24, 2.45) is 17.8 Å². The molecule has 2 N–H and O–H groups in total. The fraction of sp³-hybridized carbons (Fsp3) is 0.731. The highest BCUT2D eigenvalue weighted by Crippen LogP contribution is 2.55. The van der Waals surface area contributed by atoms with Crippen LogP contribution < -0.4 is 10.2 Å². The summed E-state index contributed by atoms with van der Waals surface area (Å²) in [7, 11) is 0. The molecule has 8 rings (SSSR count). The molecule has 1 aromatic rings. The number of anilines is 1. The van der Waals surface area contributed by atoms with Crippen LogP contribution in [0.5, 0.6) is 0 Å². The number of amides is 2. The van der Waals surface area contributed by atoms with Gasteiger partial charge in [-0.1, -0.05) is 18.2 Å². The first-order chi connectivity index (χ1) is 15.1. The number of urea groups is 1. The molecule has 1 aromatic carbocycles. The third-order valence-electron chi connectivity index (χ3n) is 9.84. The minimum absolute atomic E-state index is 0.192. The van der Waals surface area contributed by atoms with E-state index >= 15 is 0 Å². The monoisotopic (exact) mass is 421 g/mol. The van der Waals surface area contributed by atoms with Crippen molar-refractivity contribution in [1.82, 2.24) is 10.2 Å². The predicted octanol–water partition coefficient (Wildman–Crippen LogP) is 3.69. The van der Waals surface area contributed by atoms with Crippen LogP contribution in [0.15, 0.2) is 24.3 Å². The summed E-state index contributed by atoms with van der Waals surface area (Å²) in [5.74, 6) is 1.65. The van der Waals surface area contributed by atoms with Gasteiger partial charge in [0, 0.05) is 36.4 Å². The molecule has 0 aromatic heterocycles. The Kier molecular flexibility index (Phi) is 4.02. The van der Waals surface area contributed by atoms with Crippen LogP contribution >= 0.6 is 0 Å². The molecule has 2 amide bonds. The predicted molar refractivity (Wildman–Crippen MR) is 120 cm³/mol. The van der Waals surface area contributed by atoms with Crippen molar-refractivity contribution in [3.63, 3.8) is 0 Å². The van der Waals surface area contributed by atoms with Crippen LogP contribution in [-0.2, 0) is 6.42 Å². The van der Waals surface area contributed by atoms with E-state index in [4.69, 9.17) is 0 Å². The molecule has 3 unspecified atom stereocenters. The van der Waals surface area contributed by atoms with Crippen LogP contribution in [0.25, 0.3) is 0 Å². The van der Waals surface area contributed by atoms with Crippen LogP contribution in [0.2, 0.25) is 0 Å². The molecular weight excluding hydrogens is 386 g/mol. The fourth-order valence-electron chi connectivity index (χ4n) is 8.91. The van der Waals surface area contributed by atoms with Crippen molar-refractivity contribution in [3.8, 4) is 0 Å². The van der Waals surface area contributed by atoms with Gasteiger partial charge in [-0.05, 0) is 93.6 Å². The zero-order valence-corrected chi connectivity index (χ0v) is 18.4. The second kappa shape index (κ2) is 6.63. The Morgan fingerprint density at radius 1 is 0.968 bits per heavy atom. The van der Waals surface area contributed by atoms with Gasteiger partial charge in [-0.25, -0.2) is 4.79 Å². The number of fused-ring (bicyclic) bond motifs is 3. The molecule has 5 heteroatoms. The third kappa shape index (κ3) is 2.88. The van der Waals surface area contributed by atoms with Gasteiger partial charge in [0.05, 0.1) is 5.60 Å². The summed E-state index contributed by atoms with van der Waals surface area (Å²) in [6.45, 7) is 1.13. The number of benzene rings is 1.